The molecule has 0 bridgehead atoms. The van der Waals surface area contributed by atoms with Crippen molar-refractivity contribution in [1.82, 2.24) is 19.5 Å². The van der Waals surface area contributed by atoms with Gasteiger partial charge in [-0.25, -0.2) is 20.4 Å². The summed E-state index contributed by atoms with van der Waals surface area (Å²) in [6.45, 7) is -0.462. The van der Waals surface area contributed by atoms with Crippen molar-refractivity contribution in [2.45, 2.75) is 24.5 Å². The molecule has 0 radical (unpaired) electrons. The smallest absolute Gasteiger partial charge is 0.228 e. The number of hydrogen-bond acceptors (Lipinski definition) is 10. The Morgan fingerprint density at radius 2 is 2.00 bits per heavy atom. The molecule has 2 aromatic heterocycles. The van der Waals surface area contributed by atoms with Gasteiger partial charge in [-0.2, -0.15) is 5.10 Å². The molecule has 0 unspecified atom stereocenters. The van der Waals surface area contributed by atoms with Crippen LogP contribution in [-0.2, 0) is 4.74 Å². The third kappa shape index (κ3) is 3.61. The van der Waals surface area contributed by atoms with Crippen molar-refractivity contribution in [3.8, 4) is 0 Å². The van der Waals surface area contributed by atoms with Crippen LogP contribution in [0, 0.1) is 0 Å². The second-order valence-corrected chi connectivity index (χ2v) is 6.82. The lowest BCUT2D eigenvalue weighted by Gasteiger charge is -2.18. The molecular formula is C17H18ClN7O4. The largest absolute Gasteiger partial charge is 0.394 e. The molecule has 3 aromatic rings. The number of aliphatic hydroxyl groups excluding tert-OH is 3. The fourth-order valence-electron chi connectivity index (χ4n) is 3.05. The molecule has 1 aromatic carbocycles. The number of nitrogens with zero attached hydrogens (tertiary/aromatic N) is 5. The highest BCUT2D eigenvalue weighted by molar-refractivity contribution is 6.30. The van der Waals surface area contributed by atoms with Crippen LogP contribution in [0.25, 0.3) is 11.2 Å². The van der Waals surface area contributed by atoms with Crippen LogP contribution in [0.5, 0.6) is 0 Å². The Balaban J connectivity index is 1.71. The number of nitrogen functional groups attached to an aromatic ring is 1. The molecule has 0 aliphatic carbocycles. The highest BCUT2D eigenvalue weighted by Gasteiger charge is 2.45. The zero-order valence-corrected chi connectivity index (χ0v) is 15.7. The van der Waals surface area contributed by atoms with Crippen LogP contribution in [0.2, 0.25) is 5.02 Å². The van der Waals surface area contributed by atoms with Crippen molar-refractivity contribution >= 4 is 40.7 Å². The molecule has 11 nitrogen and oxygen atoms in total. The Bertz CT molecular complexity index is 1040. The number of anilines is 2. The van der Waals surface area contributed by atoms with Gasteiger partial charge in [0.1, 0.15) is 24.6 Å². The van der Waals surface area contributed by atoms with Crippen molar-refractivity contribution < 1.29 is 20.1 Å². The summed E-state index contributed by atoms with van der Waals surface area (Å²) in [5, 5.41) is 34.6. The van der Waals surface area contributed by atoms with Crippen molar-refractivity contribution in [3.05, 3.63) is 41.2 Å². The van der Waals surface area contributed by atoms with E-state index in [-0.39, 0.29) is 22.9 Å². The van der Waals surface area contributed by atoms with E-state index < -0.39 is 31.1 Å². The Hall–Kier alpha value is -2.83. The van der Waals surface area contributed by atoms with Gasteiger partial charge in [-0.3, -0.25) is 4.57 Å². The summed E-state index contributed by atoms with van der Waals surface area (Å²) in [7, 11) is 0. The standard InChI is InChI=1S/C17H18ClN7O4/c18-9-3-1-8(2-4-9)5-22-24-17-23-11-14(19)20-7-21-15(11)25(17)16-13(28)12(27)10(6-26)29-16/h1-5,7,10,12-13,16,26-28H,6H2,(H,23,24)(H2,19,20,21)/t10-,12-,13-,16-/m0/s1. The number of fused-ring (bicyclic) bond motifs is 1. The predicted molar refractivity (Wildman–Crippen MR) is 105 cm³/mol. The number of imidazole rings is 1. The van der Waals surface area contributed by atoms with Gasteiger partial charge in [0.15, 0.2) is 23.2 Å². The molecule has 1 aliphatic heterocycles. The SMILES string of the molecule is Nc1ncnc2c1nc(NN=Cc1ccc(Cl)cc1)n2[C@H]1O[C@@H](CO)[C@H](O)[C@@H]1O. The van der Waals surface area contributed by atoms with Crippen LogP contribution < -0.4 is 11.2 Å². The number of nitrogens with two attached hydrogens (primary N) is 1. The maximum Gasteiger partial charge on any atom is 0.228 e. The highest BCUT2D eigenvalue weighted by atomic mass is 35.5. The lowest BCUT2D eigenvalue weighted by atomic mass is 10.1. The van der Waals surface area contributed by atoms with E-state index in [2.05, 4.69) is 25.5 Å². The van der Waals surface area contributed by atoms with E-state index in [1.54, 1.807) is 30.5 Å². The predicted octanol–water partition coefficient (Wildman–Crippen LogP) is 0.119. The second kappa shape index (κ2) is 7.89. The molecule has 1 saturated heterocycles. The fraction of sp³-hybridized carbons (Fsp3) is 0.294. The number of ether oxygens (including phenoxy) is 1. The van der Waals surface area contributed by atoms with E-state index in [0.717, 1.165) is 5.56 Å². The van der Waals surface area contributed by atoms with E-state index in [1.165, 1.54) is 10.9 Å². The molecule has 3 heterocycles. The third-order valence-electron chi connectivity index (χ3n) is 4.53. The zero-order chi connectivity index (χ0) is 20.5. The van der Waals surface area contributed by atoms with Gasteiger partial charge in [-0.05, 0) is 17.7 Å². The topological polar surface area (TPSA) is 164 Å². The zero-order valence-electron chi connectivity index (χ0n) is 14.9. The molecule has 0 saturated carbocycles. The lowest BCUT2D eigenvalue weighted by Crippen LogP contribution is -2.33. The minimum atomic E-state index is -1.33. The Morgan fingerprint density at radius 3 is 2.69 bits per heavy atom. The minimum absolute atomic E-state index is 0.130. The van der Waals surface area contributed by atoms with Gasteiger partial charge >= 0.3 is 0 Å². The number of rotatable bonds is 5. The van der Waals surface area contributed by atoms with Gasteiger partial charge in [-0.15, -0.1) is 0 Å². The average molecular weight is 420 g/mol. The van der Waals surface area contributed by atoms with E-state index in [4.69, 9.17) is 22.1 Å². The van der Waals surface area contributed by atoms with Crippen molar-refractivity contribution in [2.75, 3.05) is 17.8 Å². The molecule has 1 aliphatic rings. The molecule has 4 rings (SSSR count). The molecule has 0 amide bonds. The van der Waals surface area contributed by atoms with E-state index in [1.807, 2.05) is 0 Å². The third-order valence-corrected chi connectivity index (χ3v) is 4.78. The normalized spacial score (nSPS) is 24.6. The van der Waals surface area contributed by atoms with Crippen LogP contribution in [-0.4, -0.2) is 66.0 Å². The average Bonchev–Trinajstić information content (AvgIpc) is 3.22. The Morgan fingerprint density at radius 1 is 1.24 bits per heavy atom. The van der Waals surface area contributed by atoms with Gasteiger partial charge in [0, 0.05) is 5.02 Å². The van der Waals surface area contributed by atoms with E-state index in [9.17, 15) is 15.3 Å². The number of hydrogen-bond donors (Lipinski definition) is 5. The number of benzene rings is 1. The number of nitrogens with one attached hydrogen (secondary N) is 1. The Kier molecular flexibility index (Phi) is 5.30. The monoisotopic (exact) mass is 419 g/mol. The second-order valence-electron chi connectivity index (χ2n) is 6.39. The van der Waals surface area contributed by atoms with Crippen LogP contribution in [0.1, 0.15) is 11.8 Å². The first-order chi connectivity index (χ1) is 14.0. The quantitative estimate of drug-likeness (QED) is 0.285. The van der Waals surface area contributed by atoms with Crippen LogP contribution in [0.4, 0.5) is 11.8 Å². The lowest BCUT2D eigenvalue weighted by molar-refractivity contribution is -0.0501. The summed E-state index contributed by atoms with van der Waals surface area (Å²) >= 11 is 5.87. The van der Waals surface area contributed by atoms with Crippen molar-refractivity contribution in [1.29, 1.82) is 0 Å². The number of aromatic nitrogens is 4. The fourth-order valence-corrected chi connectivity index (χ4v) is 3.18. The minimum Gasteiger partial charge on any atom is -0.394 e. The van der Waals surface area contributed by atoms with Crippen LogP contribution in [0.3, 0.4) is 0 Å². The molecule has 152 valence electrons. The number of hydrazone groups is 1. The summed E-state index contributed by atoms with van der Waals surface area (Å²) in [6, 6.07) is 7.03. The van der Waals surface area contributed by atoms with Crippen LogP contribution >= 0.6 is 11.6 Å². The summed E-state index contributed by atoms with van der Waals surface area (Å²) < 4.78 is 7.02. The first-order valence-electron chi connectivity index (χ1n) is 8.65. The van der Waals surface area contributed by atoms with Gasteiger partial charge in [0.2, 0.25) is 5.95 Å². The molecule has 12 heteroatoms. The van der Waals surface area contributed by atoms with Crippen molar-refractivity contribution in [3.63, 3.8) is 0 Å². The number of halogens is 1. The summed E-state index contributed by atoms with van der Waals surface area (Å²) in [5.74, 6) is 0.289. The number of aliphatic hydroxyl groups is 3. The molecule has 6 N–H and O–H groups in total. The van der Waals surface area contributed by atoms with E-state index >= 15 is 0 Å². The first kappa shape index (κ1) is 19.5. The van der Waals surface area contributed by atoms with Gasteiger partial charge in [0.25, 0.3) is 0 Å². The highest BCUT2D eigenvalue weighted by Crippen LogP contribution is 2.35. The first-order valence-corrected chi connectivity index (χ1v) is 9.03. The molecule has 1 fully saturated rings. The summed E-state index contributed by atoms with van der Waals surface area (Å²) in [6.07, 6.45) is -1.86. The molecule has 29 heavy (non-hydrogen) atoms. The maximum atomic E-state index is 10.4. The van der Waals surface area contributed by atoms with E-state index in [0.29, 0.717) is 5.02 Å². The maximum absolute atomic E-state index is 10.4. The van der Waals surface area contributed by atoms with Crippen LogP contribution in [0.15, 0.2) is 35.7 Å². The molecular weight excluding hydrogens is 402 g/mol. The van der Waals surface area contributed by atoms with Crippen molar-refractivity contribution in [2.24, 2.45) is 5.10 Å². The Labute approximate surface area is 169 Å². The van der Waals surface area contributed by atoms with Gasteiger partial charge in [0.05, 0.1) is 12.8 Å². The molecule has 4 atom stereocenters. The summed E-state index contributed by atoms with van der Waals surface area (Å²) in [5.41, 5.74) is 9.99. The van der Waals surface area contributed by atoms with Gasteiger partial charge < -0.3 is 25.8 Å². The molecule has 0 spiro atoms. The summed E-state index contributed by atoms with van der Waals surface area (Å²) in [4.78, 5) is 12.4. The van der Waals surface area contributed by atoms with Gasteiger partial charge in [-0.1, -0.05) is 23.7 Å².